The van der Waals surface area contributed by atoms with E-state index in [0.717, 1.165) is 5.56 Å². The summed E-state index contributed by atoms with van der Waals surface area (Å²) in [5.41, 5.74) is 1.01. The van der Waals surface area contributed by atoms with Gasteiger partial charge in [-0.05, 0) is 18.4 Å². The first-order valence-electron chi connectivity index (χ1n) is 6.92. The lowest BCUT2D eigenvalue weighted by molar-refractivity contribution is -0.206. The summed E-state index contributed by atoms with van der Waals surface area (Å²) in [6.07, 6.45) is 2.02. The van der Waals surface area contributed by atoms with Gasteiger partial charge in [-0.15, -0.1) is 0 Å². The van der Waals surface area contributed by atoms with Gasteiger partial charge >= 0.3 is 5.97 Å². The van der Waals surface area contributed by atoms with E-state index in [0.29, 0.717) is 32.3 Å². The smallest absolute Gasteiger partial charge is 0.306 e. The SMILES string of the molecule is O=C1CC[C@@H](C2CCC(=O)N2OCc2ccccc2)O1. The van der Waals surface area contributed by atoms with Crippen LogP contribution in [0, 0.1) is 0 Å². The van der Waals surface area contributed by atoms with Crippen LogP contribution in [-0.2, 0) is 25.8 Å². The van der Waals surface area contributed by atoms with Gasteiger partial charge in [0.25, 0.3) is 0 Å². The summed E-state index contributed by atoms with van der Waals surface area (Å²) in [6, 6.07) is 9.56. The molecule has 1 amide bonds. The Morgan fingerprint density at radius 3 is 2.65 bits per heavy atom. The third kappa shape index (κ3) is 2.67. The molecule has 3 rings (SSSR count). The normalized spacial score (nSPS) is 26.1. The van der Waals surface area contributed by atoms with Crippen LogP contribution in [0.25, 0.3) is 0 Å². The molecule has 0 spiro atoms. The minimum Gasteiger partial charge on any atom is -0.460 e. The zero-order valence-corrected chi connectivity index (χ0v) is 11.2. The van der Waals surface area contributed by atoms with Crippen molar-refractivity contribution in [3.8, 4) is 0 Å². The van der Waals surface area contributed by atoms with Gasteiger partial charge in [0, 0.05) is 12.8 Å². The van der Waals surface area contributed by atoms with Crippen LogP contribution in [0.1, 0.15) is 31.2 Å². The molecule has 0 radical (unpaired) electrons. The van der Waals surface area contributed by atoms with Crippen LogP contribution in [0.2, 0.25) is 0 Å². The van der Waals surface area contributed by atoms with Gasteiger partial charge in [-0.3, -0.25) is 14.4 Å². The van der Waals surface area contributed by atoms with Crippen LogP contribution >= 0.6 is 0 Å². The number of esters is 1. The highest BCUT2D eigenvalue weighted by atomic mass is 16.7. The number of hydrogen-bond acceptors (Lipinski definition) is 4. The first kappa shape index (κ1) is 13.1. The highest BCUT2D eigenvalue weighted by Gasteiger charge is 2.42. The van der Waals surface area contributed by atoms with Crippen LogP contribution in [-0.4, -0.2) is 29.1 Å². The van der Waals surface area contributed by atoms with Gasteiger partial charge in [-0.25, -0.2) is 5.06 Å². The Hall–Kier alpha value is -1.88. The molecule has 1 unspecified atom stereocenters. The quantitative estimate of drug-likeness (QED) is 0.786. The molecule has 1 aromatic carbocycles. The Kier molecular flexibility index (Phi) is 3.69. The maximum atomic E-state index is 11.9. The molecule has 0 aromatic heterocycles. The van der Waals surface area contributed by atoms with Gasteiger partial charge in [0.15, 0.2) is 0 Å². The van der Waals surface area contributed by atoms with E-state index in [-0.39, 0.29) is 24.0 Å². The number of nitrogens with zero attached hydrogens (tertiary/aromatic N) is 1. The van der Waals surface area contributed by atoms with Crippen molar-refractivity contribution in [2.45, 2.75) is 44.4 Å². The van der Waals surface area contributed by atoms with Gasteiger partial charge in [0.05, 0.1) is 6.04 Å². The lowest BCUT2D eigenvalue weighted by Gasteiger charge is -2.27. The van der Waals surface area contributed by atoms with Crippen molar-refractivity contribution >= 4 is 11.9 Å². The van der Waals surface area contributed by atoms with E-state index in [9.17, 15) is 9.59 Å². The highest BCUT2D eigenvalue weighted by molar-refractivity contribution is 5.78. The predicted molar refractivity (Wildman–Crippen MR) is 70.2 cm³/mol. The van der Waals surface area contributed by atoms with Crippen molar-refractivity contribution in [3.63, 3.8) is 0 Å². The zero-order chi connectivity index (χ0) is 13.9. The van der Waals surface area contributed by atoms with E-state index >= 15 is 0 Å². The van der Waals surface area contributed by atoms with Crippen LogP contribution < -0.4 is 0 Å². The Labute approximate surface area is 117 Å². The summed E-state index contributed by atoms with van der Waals surface area (Å²) in [5.74, 6) is -0.216. The second-order valence-electron chi connectivity index (χ2n) is 5.15. The molecule has 0 saturated carbocycles. The summed E-state index contributed by atoms with van der Waals surface area (Å²) in [7, 11) is 0. The first-order valence-corrected chi connectivity index (χ1v) is 6.92. The number of cyclic esters (lactones) is 1. The van der Waals surface area contributed by atoms with Crippen LogP contribution in [0.4, 0.5) is 0 Å². The Bertz CT molecular complexity index is 502. The fourth-order valence-corrected chi connectivity index (χ4v) is 2.72. The summed E-state index contributed by atoms with van der Waals surface area (Å²) in [6.45, 7) is 0.351. The van der Waals surface area contributed by atoms with E-state index in [1.54, 1.807) is 0 Å². The molecule has 5 nitrogen and oxygen atoms in total. The van der Waals surface area contributed by atoms with Gasteiger partial charge in [-0.1, -0.05) is 30.3 Å². The summed E-state index contributed by atoms with van der Waals surface area (Å²) in [4.78, 5) is 28.8. The van der Waals surface area contributed by atoms with Gasteiger partial charge in [0.2, 0.25) is 5.91 Å². The zero-order valence-electron chi connectivity index (χ0n) is 11.2. The van der Waals surface area contributed by atoms with Gasteiger partial charge in [-0.2, -0.15) is 0 Å². The van der Waals surface area contributed by atoms with Crippen LogP contribution in [0.5, 0.6) is 0 Å². The standard InChI is InChI=1S/C15H17NO4/c17-14-8-6-12(13-7-9-15(18)20-13)16(14)19-10-11-4-2-1-3-5-11/h1-5,12-13H,6-10H2/t12?,13-/m0/s1. The van der Waals surface area contributed by atoms with E-state index < -0.39 is 0 Å². The molecule has 0 aliphatic carbocycles. The van der Waals surface area contributed by atoms with E-state index in [1.807, 2.05) is 30.3 Å². The molecule has 2 fully saturated rings. The maximum Gasteiger partial charge on any atom is 0.306 e. The predicted octanol–water partition coefficient (Wildman–Crippen LogP) is 1.81. The molecule has 5 heteroatoms. The third-order valence-corrected chi connectivity index (χ3v) is 3.76. The Balaban J connectivity index is 1.63. The topological polar surface area (TPSA) is 55.8 Å². The fraction of sp³-hybridized carbons (Fsp3) is 0.467. The van der Waals surface area contributed by atoms with Crippen LogP contribution in [0.15, 0.2) is 30.3 Å². The van der Waals surface area contributed by atoms with Gasteiger partial charge < -0.3 is 4.74 Å². The molecular weight excluding hydrogens is 258 g/mol. The lowest BCUT2D eigenvalue weighted by atomic mass is 10.1. The van der Waals surface area contributed by atoms with Crippen molar-refractivity contribution in [2.24, 2.45) is 0 Å². The molecule has 20 heavy (non-hydrogen) atoms. The van der Waals surface area contributed by atoms with Gasteiger partial charge in [0.1, 0.15) is 12.7 Å². The maximum absolute atomic E-state index is 11.9. The van der Waals surface area contributed by atoms with Crippen molar-refractivity contribution in [3.05, 3.63) is 35.9 Å². The molecule has 106 valence electrons. The molecule has 2 saturated heterocycles. The number of benzene rings is 1. The summed E-state index contributed by atoms with van der Waals surface area (Å²) in [5, 5.41) is 1.41. The minimum atomic E-state index is -0.218. The van der Waals surface area contributed by atoms with Crippen molar-refractivity contribution < 1.29 is 19.2 Å². The summed E-state index contributed by atoms with van der Waals surface area (Å²) >= 11 is 0. The minimum absolute atomic E-state index is 0.0334. The second kappa shape index (κ2) is 5.63. The number of carbonyl (C=O) groups is 2. The van der Waals surface area contributed by atoms with E-state index in [4.69, 9.17) is 9.57 Å². The summed E-state index contributed by atoms with van der Waals surface area (Å²) < 4.78 is 5.26. The number of amides is 1. The molecule has 2 heterocycles. The van der Waals surface area contributed by atoms with E-state index in [2.05, 4.69) is 0 Å². The monoisotopic (exact) mass is 275 g/mol. The number of rotatable bonds is 4. The largest absolute Gasteiger partial charge is 0.460 e. The molecule has 2 aliphatic rings. The number of carbonyl (C=O) groups excluding carboxylic acids is 2. The first-order chi connectivity index (χ1) is 9.74. The number of hydroxylamine groups is 2. The molecular formula is C15H17NO4. The second-order valence-corrected chi connectivity index (χ2v) is 5.15. The molecule has 2 aliphatic heterocycles. The van der Waals surface area contributed by atoms with Crippen LogP contribution in [0.3, 0.4) is 0 Å². The van der Waals surface area contributed by atoms with Crippen molar-refractivity contribution in [1.82, 2.24) is 5.06 Å². The van der Waals surface area contributed by atoms with Crippen molar-refractivity contribution in [2.75, 3.05) is 0 Å². The molecule has 0 bridgehead atoms. The lowest BCUT2D eigenvalue weighted by Crippen LogP contribution is -2.40. The van der Waals surface area contributed by atoms with E-state index in [1.165, 1.54) is 5.06 Å². The molecule has 1 aromatic rings. The fourth-order valence-electron chi connectivity index (χ4n) is 2.72. The highest BCUT2D eigenvalue weighted by Crippen LogP contribution is 2.29. The number of ether oxygens (including phenoxy) is 1. The average molecular weight is 275 g/mol. The third-order valence-electron chi connectivity index (χ3n) is 3.76. The average Bonchev–Trinajstić information content (AvgIpc) is 3.04. The molecule has 2 atom stereocenters. The van der Waals surface area contributed by atoms with Crippen molar-refractivity contribution in [1.29, 1.82) is 0 Å². The molecule has 0 N–H and O–H groups in total. The number of hydrogen-bond donors (Lipinski definition) is 0. The Morgan fingerprint density at radius 2 is 1.95 bits per heavy atom. The Morgan fingerprint density at radius 1 is 1.15 bits per heavy atom.